The number of hydrogen-bond acceptors (Lipinski definition) is 2. The van der Waals surface area contributed by atoms with E-state index < -0.39 is 17.9 Å². The van der Waals surface area contributed by atoms with Crippen molar-refractivity contribution in [2.75, 3.05) is 0 Å². The summed E-state index contributed by atoms with van der Waals surface area (Å²) in [7, 11) is 0. The van der Waals surface area contributed by atoms with E-state index in [0.717, 1.165) is 11.1 Å². The van der Waals surface area contributed by atoms with Crippen LogP contribution in [0.5, 0.6) is 0 Å². The third-order valence-electron chi connectivity index (χ3n) is 5.29. The van der Waals surface area contributed by atoms with Gasteiger partial charge in [0, 0.05) is 31.8 Å². The Labute approximate surface area is 145 Å². The molecule has 4 nitrogen and oxygen atoms in total. The zero-order valence-corrected chi connectivity index (χ0v) is 14.1. The fraction of sp³-hybridized carbons (Fsp3) is 0.579. The molecule has 0 spiro atoms. The molecule has 0 bridgehead atoms. The second-order valence-electron chi connectivity index (χ2n) is 7.27. The van der Waals surface area contributed by atoms with Crippen LogP contribution in [0.25, 0.3) is 0 Å². The van der Waals surface area contributed by atoms with Gasteiger partial charge < -0.3 is 10.0 Å². The summed E-state index contributed by atoms with van der Waals surface area (Å²) in [5.74, 6) is -4.16. The Morgan fingerprint density at radius 1 is 1.20 bits per heavy atom. The number of rotatable bonds is 4. The van der Waals surface area contributed by atoms with Crippen LogP contribution in [0.3, 0.4) is 0 Å². The zero-order chi connectivity index (χ0) is 18.0. The Balaban J connectivity index is 1.73. The van der Waals surface area contributed by atoms with Crippen LogP contribution < -0.4 is 0 Å². The summed E-state index contributed by atoms with van der Waals surface area (Å²) in [5.41, 5.74) is 2.06. The van der Waals surface area contributed by atoms with E-state index in [-0.39, 0.29) is 37.5 Å². The van der Waals surface area contributed by atoms with Crippen molar-refractivity contribution in [3.05, 3.63) is 35.4 Å². The molecule has 1 aliphatic carbocycles. The van der Waals surface area contributed by atoms with Crippen LogP contribution in [0.2, 0.25) is 0 Å². The van der Waals surface area contributed by atoms with Gasteiger partial charge in [-0.25, -0.2) is 8.78 Å². The van der Waals surface area contributed by atoms with Crippen LogP contribution in [0.1, 0.15) is 49.7 Å². The van der Waals surface area contributed by atoms with Gasteiger partial charge in [-0.05, 0) is 36.3 Å². The normalized spacial score (nSPS) is 25.3. The van der Waals surface area contributed by atoms with Gasteiger partial charge in [-0.3, -0.25) is 9.59 Å². The van der Waals surface area contributed by atoms with Gasteiger partial charge in [-0.15, -0.1) is 0 Å². The molecule has 1 fully saturated rings. The fourth-order valence-electron chi connectivity index (χ4n) is 4.08. The minimum absolute atomic E-state index is 0.0773. The second kappa shape index (κ2) is 7.10. The Bertz CT molecular complexity index is 662. The van der Waals surface area contributed by atoms with Crippen molar-refractivity contribution in [2.45, 2.75) is 63.5 Å². The summed E-state index contributed by atoms with van der Waals surface area (Å²) < 4.78 is 27.2. The lowest BCUT2D eigenvalue weighted by Crippen LogP contribution is -2.46. The van der Waals surface area contributed by atoms with E-state index >= 15 is 0 Å². The van der Waals surface area contributed by atoms with Gasteiger partial charge in [0.15, 0.2) is 0 Å². The first-order valence-corrected chi connectivity index (χ1v) is 8.80. The molecule has 1 N–H and O–H groups in total. The Morgan fingerprint density at radius 2 is 1.92 bits per heavy atom. The number of carbonyl (C=O) groups is 2. The van der Waals surface area contributed by atoms with Crippen molar-refractivity contribution in [3.8, 4) is 0 Å². The molecule has 136 valence electrons. The monoisotopic (exact) mass is 351 g/mol. The molecule has 1 aromatic rings. The molecule has 1 aliphatic heterocycles. The molecule has 6 heteroatoms. The van der Waals surface area contributed by atoms with Crippen molar-refractivity contribution in [2.24, 2.45) is 5.92 Å². The maximum Gasteiger partial charge on any atom is 0.305 e. The van der Waals surface area contributed by atoms with E-state index in [4.69, 9.17) is 5.11 Å². The molecule has 1 aromatic carbocycles. The number of halogens is 2. The van der Waals surface area contributed by atoms with Crippen molar-refractivity contribution in [1.82, 2.24) is 4.90 Å². The molecule has 2 atom stereocenters. The third-order valence-corrected chi connectivity index (χ3v) is 5.29. The minimum atomic E-state index is -2.68. The molecule has 1 amide bonds. The van der Waals surface area contributed by atoms with Gasteiger partial charge in [-0.2, -0.15) is 0 Å². The first-order valence-electron chi connectivity index (χ1n) is 8.80. The molecule has 1 unspecified atom stereocenters. The first kappa shape index (κ1) is 17.8. The molecule has 0 saturated heterocycles. The summed E-state index contributed by atoms with van der Waals surface area (Å²) >= 11 is 0. The van der Waals surface area contributed by atoms with E-state index in [1.807, 2.05) is 24.3 Å². The largest absolute Gasteiger partial charge is 0.481 e. The highest BCUT2D eigenvalue weighted by Gasteiger charge is 2.38. The summed E-state index contributed by atoms with van der Waals surface area (Å²) in [4.78, 5) is 25.5. The van der Waals surface area contributed by atoms with Crippen LogP contribution in [-0.4, -0.2) is 33.8 Å². The van der Waals surface area contributed by atoms with Gasteiger partial charge in [0.25, 0.3) is 0 Å². The maximum absolute atomic E-state index is 13.6. The Morgan fingerprint density at radius 3 is 2.60 bits per heavy atom. The van der Waals surface area contributed by atoms with Crippen molar-refractivity contribution in [1.29, 1.82) is 0 Å². The van der Waals surface area contributed by atoms with E-state index in [1.165, 1.54) is 0 Å². The van der Waals surface area contributed by atoms with Crippen LogP contribution in [0.4, 0.5) is 8.78 Å². The highest BCUT2D eigenvalue weighted by atomic mass is 19.3. The molecule has 3 rings (SSSR count). The predicted molar refractivity (Wildman–Crippen MR) is 88.3 cm³/mol. The number of aliphatic carboxylic acids is 1. The van der Waals surface area contributed by atoms with E-state index in [9.17, 15) is 18.4 Å². The number of fused-ring (bicyclic) bond motifs is 1. The van der Waals surface area contributed by atoms with Gasteiger partial charge >= 0.3 is 5.97 Å². The van der Waals surface area contributed by atoms with Crippen LogP contribution >= 0.6 is 0 Å². The van der Waals surface area contributed by atoms with Crippen molar-refractivity contribution < 1.29 is 23.5 Å². The molecule has 25 heavy (non-hydrogen) atoms. The topological polar surface area (TPSA) is 57.6 Å². The second-order valence-corrected chi connectivity index (χ2v) is 7.27. The van der Waals surface area contributed by atoms with E-state index in [0.29, 0.717) is 25.8 Å². The number of nitrogens with zero attached hydrogens (tertiary/aromatic N) is 1. The number of carboxylic acid groups (broad SMARTS) is 1. The fourth-order valence-corrected chi connectivity index (χ4v) is 4.08. The number of alkyl halides is 2. The van der Waals surface area contributed by atoms with Gasteiger partial charge in [0.05, 0.1) is 6.42 Å². The molecular formula is C19H23F2NO3. The number of amides is 1. The first-order chi connectivity index (χ1) is 11.8. The highest BCUT2D eigenvalue weighted by Crippen LogP contribution is 2.38. The lowest BCUT2D eigenvalue weighted by molar-refractivity contribution is -0.142. The van der Waals surface area contributed by atoms with Gasteiger partial charge in [-0.1, -0.05) is 24.3 Å². The van der Waals surface area contributed by atoms with Crippen LogP contribution in [0, 0.1) is 5.92 Å². The molecule has 1 saturated carbocycles. The zero-order valence-electron chi connectivity index (χ0n) is 14.1. The van der Waals surface area contributed by atoms with Gasteiger partial charge in [0.2, 0.25) is 11.8 Å². The minimum Gasteiger partial charge on any atom is -0.481 e. The average molecular weight is 351 g/mol. The molecular weight excluding hydrogens is 328 g/mol. The van der Waals surface area contributed by atoms with E-state index in [2.05, 4.69) is 0 Å². The van der Waals surface area contributed by atoms with E-state index in [1.54, 1.807) is 4.90 Å². The number of carbonyl (C=O) groups excluding carboxylic acids is 1. The number of hydrogen-bond donors (Lipinski definition) is 1. The Kier molecular flexibility index (Phi) is 5.06. The lowest BCUT2D eigenvalue weighted by atomic mass is 9.83. The van der Waals surface area contributed by atoms with Crippen LogP contribution in [0.15, 0.2) is 24.3 Å². The van der Waals surface area contributed by atoms with Crippen LogP contribution in [-0.2, 0) is 22.6 Å². The molecule has 0 radical (unpaired) electrons. The standard InChI is InChI=1S/C19H23F2NO3/c20-19(21)7-3-4-13(11-19)8-17(23)22-12-15-6-2-1-5-14(15)9-16(22)10-18(24)25/h1-2,5-6,13,16H,3-4,7-12H2,(H,24,25)/t13?,16-/m0/s1. The summed E-state index contributed by atoms with van der Waals surface area (Å²) in [5, 5.41) is 9.17. The summed E-state index contributed by atoms with van der Waals surface area (Å²) in [6.07, 6.45) is 1.18. The molecule has 2 aliphatic rings. The lowest BCUT2D eigenvalue weighted by Gasteiger charge is -2.38. The molecule has 0 aromatic heterocycles. The number of carboxylic acids is 1. The predicted octanol–water partition coefficient (Wildman–Crippen LogP) is 3.63. The van der Waals surface area contributed by atoms with Gasteiger partial charge in [0.1, 0.15) is 0 Å². The highest BCUT2D eigenvalue weighted by molar-refractivity contribution is 5.78. The SMILES string of the molecule is O=C(O)C[C@@H]1Cc2ccccc2CN1C(=O)CC1CCCC(F)(F)C1. The molecule has 1 heterocycles. The van der Waals surface area contributed by atoms with Crippen molar-refractivity contribution in [3.63, 3.8) is 0 Å². The quantitative estimate of drug-likeness (QED) is 0.901. The average Bonchev–Trinajstić information content (AvgIpc) is 2.52. The summed E-state index contributed by atoms with van der Waals surface area (Å²) in [6.45, 7) is 0.357. The Hall–Kier alpha value is -1.98. The van der Waals surface area contributed by atoms with Crippen molar-refractivity contribution >= 4 is 11.9 Å². The summed E-state index contributed by atoms with van der Waals surface area (Å²) in [6, 6.07) is 7.26. The maximum atomic E-state index is 13.6. The smallest absolute Gasteiger partial charge is 0.305 e. The number of benzene rings is 1. The third kappa shape index (κ3) is 4.35.